The van der Waals surface area contributed by atoms with Crippen molar-refractivity contribution in [2.24, 2.45) is 0 Å². The number of fused-ring (bicyclic) bond motifs is 3. The van der Waals surface area contributed by atoms with E-state index in [4.69, 9.17) is 21.5 Å². The van der Waals surface area contributed by atoms with Gasteiger partial charge in [-0.15, -0.1) is 0 Å². The molecule has 1 aliphatic carbocycles. The van der Waals surface area contributed by atoms with E-state index in [0.29, 0.717) is 28.7 Å². The SMILES string of the molecule is [C-]#[N+]c1ccc(-c2ccccc2-c2ccc(-c3ccc4cccc5c4c3-c3ccccc3-5)cc2)c(-c2cccc(-c3nc(-c4ccccc4)nc(-c4cccc(-c5ccc(C#N)cc5)c4)n3)c2)c1. The summed E-state index contributed by atoms with van der Waals surface area (Å²) in [7, 11) is 0. The standard InChI is InChI=1S/C63H37N5/c1-65-50-33-35-55(53-20-6-5-19-51(53)42-28-30-43(31-29-42)52-34-32-44-14-11-23-56-54-21-7-8-22-57(54)60(52)59(44)56)58(38-50)47-16-10-18-49(37-47)63-67-61(45-12-3-2-4-13-45)66-62(68-63)48-17-9-15-46(36-48)41-26-24-40(39-64)25-27-41/h2-38H. The van der Waals surface area contributed by atoms with E-state index in [2.05, 4.69) is 138 Å². The van der Waals surface area contributed by atoms with E-state index < -0.39 is 0 Å². The molecule has 68 heavy (non-hydrogen) atoms. The molecule has 0 saturated carbocycles. The molecule has 0 N–H and O–H groups in total. The Morgan fingerprint density at radius 1 is 0.338 bits per heavy atom. The molecule has 11 aromatic rings. The van der Waals surface area contributed by atoms with Crippen LogP contribution in [0.4, 0.5) is 5.69 Å². The number of hydrogen-bond donors (Lipinski definition) is 0. The molecule has 0 amide bonds. The summed E-state index contributed by atoms with van der Waals surface area (Å²) < 4.78 is 0. The highest BCUT2D eigenvalue weighted by atomic mass is 15.0. The molecule has 1 aliphatic rings. The van der Waals surface area contributed by atoms with Crippen LogP contribution in [0.15, 0.2) is 224 Å². The fraction of sp³-hybridized carbons (Fsp3) is 0. The molecule has 5 heteroatoms. The largest absolute Gasteiger partial charge is 0.238 e. The van der Waals surface area contributed by atoms with Crippen LogP contribution in [0.5, 0.6) is 0 Å². The van der Waals surface area contributed by atoms with Crippen LogP contribution in [-0.2, 0) is 0 Å². The normalized spacial score (nSPS) is 11.2. The summed E-state index contributed by atoms with van der Waals surface area (Å²) in [5.74, 6) is 1.64. The zero-order valence-corrected chi connectivity index (χ0v) is 36.6. The maximum Gasteiger partial charge on any atom is 0.187 e. The van der Waals surface area contributed by atoms with Gasteiger partial charge in [-0.2, -0.15) is 5.26 Å². The molecule has 12 rings (SSSR count). The molecule has 0 aliphatic heterocycles. The summed E-state index contributed by atoms with van der Waals surface area (Å²) in [5.41, 5.74) is 19.4. The van der Waals surface area contributed by atoms with Crippen molar-refractivity contribution in [3.05, 3.63) is 241 Å². The molecule has 1 heterocycles. The van der Waals surface area contributed by atoms with Gasteiger partial charge in [0, 0.05) is 16.7 Å². The van der Waals surface area contributed by atoms with Crippen LogP contribution in [0.1, 0.15) is 5.56 Å². The predicted octanol–water partition coefficient (Wildman–Crippen LogP) is 16.4. The first kappa shape index (κ1) is 40.0. The molecule has 1 aromatic heterocycles. The fourth-order valence-electron chi connectivity index (χ4n) is 9.69. The van der Waals surface area contributed by atoms with E-state index in [1.54, 1.807) is 0 Å². The summed E-state index contributed by atoms with van der Waals surface area (Å²) in [6.45, 7) is 8.02. The number of benzene rings is 10. The van der Waals surface area contributed by atoms with Crippen molar-refractivity contribution in [3.8, 4) is 118 Å². The van der Waals surface area contributed by atoms with Crippen LogP contribution in [0.2, 0.25) is 0 Å². The van der Waals surface area contributed by atoms with Crippen LogP contribution < -0.4 is 0 Å². The van der Waals surface area contributed by atoms with Crippen LogP contribution in [-0.4, -0.2) is 15.0 Å². The third-order valence-corrected chi connectivity index (χ3v) is 13.0. The second-order valence-electron chi connectivity index (χ2n) is 16.9. The first-order valence-corrected chi connectivity index (χ1v) is 22.5. The first-order valence-electron chi connectivity index (χ1n) is 22.5. The van der Waals surface area contributed by atoms with Gasteiger partial charge in [0.1, 0.15) is 0 Å². The predicted molar refractivity (Wildman–Crippen MR) is 276 cm³/mol. The number of aromatic nitrogens is 3. The van der Waals surface area contributed by atoms with Gasteiger partial charge in [0.25, 0.3) is 0 Å². The van der Waals surface area contributed by atoms with Gasteiger partial charge in [-0.25, -0.2) is 19.8 Å². The highest BCUT2D eigenvalue weighted by molar-refractivity contribution is 6.19. The second kappa shape index (κ2) is 16.8. The van der Waals surface area contributed by atoms with E-state index in [-0.39, 0.29) is 0 Å². The third kappa shape index (κ3) is 7.09. The Bertz CT molecular complexity index is 3860. The lowest BCUT2D eigenvalue weighted by molar-refractivity contribution is 1.07. The van der Waals surface area contributed by atoms with Crippen LogP contribution in [0.3, 0.4) is 0 Å². The average molecular weight is 864 g/mol. The molecule has 5 nitrogen and oxygen atoms in total. The molecule has 0 spiro atoms. The maximum atomic E-state index is 9.37. The molecule has 314 valence electrons. The van der Waals surface area contributed by atoms with E-state index in [1.807, 2.05) is 97.1 Å². The lowest BCUT2D eigenvalue weighted by Gasteiger charge is -2.17. The quantitative estimate of drug-likeness (QED) is 0.143. The summed E-state index contributed by atoms with van der Waals surface area (Å²) in [5, 5.41) is 11.9. The number of nitriles is 1. The zero-order valence-electron chi connectivity index (χ0n) is 36.6. The Kier molecular flexibility index (Phi) is 9.87. The van der Waals surface area contributed by atoms with E-state index in [1.165, 1.54) is 44.2 Å². The van der Waals surface area contributed by atoms with Crippen LogP contribution in [0, 0.1) is 17.9 Å². The number of rotatable bonds is 8. The second-order valence-corrected chi connectivity index (χ2v) is 16.9. The van der Waals surface area contributed by atoms with Crippen molar-refractivity contribution in [1.82, 2.24) is 15.0 Å². The fourth-order valence-corrected chi connectivity index (χ4v) is 9.69. The minimum atomic E-state index is 0.535. The molecule has 10 aromatic carbocycles. The Balaban J connectivity index is 0.935. The van der Waals surface area contributed by atoms with Crippen molar-refractivity contribution >= 4 is 16.5 Å². The van der Waals surface area contributed by atoms with Gasteiger partial charge in [0.05, 0.1) is 18.2 Å². The van der Waals surface area contributed by atoms with Crippen molar-refractivity contribution in [2.45, 2.75) is 0 Å². The number of nitrogens with zero attached hydrogens (tertiary/aromatic N) is 5. The van der Waals surface area contributed by atoms with Gasteiger partial charge in [-0.05, 0) is 119 Å². The summed E-state index contributed by atoms with van der Waals surface area (Å²) >= 11 is 0. The van der Waals surface area contributed by atoms with Crippen molar-refractivity contribution < 1.29 is 0 Å². The van der Waals surface area contributed by atoms with Gasteiger partial charge in [0.2, 0.25) is 0 Å². The molecule has 0 radical (unpaired) electrons. The molecule has 0 bridgehead atoms. The Morgan fingerprint density at radius 2 is 0.838 bits per heavy atom. The van der Waals surface area contributed by atoms with Gasteiger partial charge in [0.15, 0.2) is 23.2 Å². The van der Waals surface area contributed by atoms with Gasteiger partial charge >= 0.3 is 0 Å². The van der Waals surface area contributed by atoms with E-state index in [0.717, 1.165) is 61.2 Å². The molecule has 0 unspecified atom stereocenters. The average Bonchev–Trinajstić information content (AvgIpc) is 3.76. The molecular formula is C63H37N5. The molecule has 0 saturated heterocycles. The summed E-state index contributed by atoms with van der Waals surface area (Å²) in [6, 6.07) is 79.4. The molecule has 0 fully saturated rings. The van der Waals surface area contributed by atoms with Crippen molar-refractivity contribution in [2.75, 3.05) is 0 Å². The van der Waals surface area contributed by atoms with Crippen molar-refractivity contribution in [3.63, 3.8) is 0 Å². The van der Waals surface area contributed by atoms with Gasteiger partial charge in [-0.3, -0.25) is 0 Å². The maximum absolute atomic E-state index is 9.37. The monoisotopic (exact) mass is 863 g/mol. The lowest BCUT2D eigenvalue weighted by Crippen LogP contribution is -2.00. The molecule has 0 atom stereocenters. The third-order valence-electron chi connectivity index (χ3n) is 13.0. The van der Waals surface area contributed by atoms with Crippen LogP contribution >= 0.6 is 0 Å². The topological polar surface area (TPSA) is 66.8 Å². The minimum Gasteiger partial charge on any atom is -0.238 e. The smallest absolute Gasteiger partial charge is 0.187 e. The van der Waals surface area contributed by atoms with Gasteiger partial charge in [-0.1, -0.05) is 194 Å². The Labute approximate surface area is 394 Å². The highest BCUT2D eigenvalue weighted by Gasteiger charge is 2.24. The first-order chi connectivity index (χ1) is 33.6. The number of hydrogen-bond acceptors (Lipinski definition) is 4. The van der Waals surface area contributed by atoms with Gasteiger partial charge < -0.3 is 0 Å². The minimum absolute atomic E-state index is 0.535. The van der Waals surface area contributed by atoms with E-state index >= 15 is 0 Å². The molecular weight excluding hydrogens is 827 g/mol. The van der Waals surface area contributed by atoms with E-state index in [9.17, 15) is 5.26 Å². The Morgan fingerprint density at radius 3 is 1.53 bits per heavy atom. The van der Waals surface area contributed by atoms with Crippen LogP contribution in [0.25, 0.3) is 128 Å². The Hall–Kier alpha value is -9.55. The van der Waals surface area contributed by atoms with Crippen molar-refractivity contribution in [1.29, 1.82) is 5.26 Å². The summed E-state index contributed by atoms with van der Waals surface area (Å²) in [4.78, 5) is 19.1. The summed E-state index contributed by atoms with van der Waals surface area (Å²) in [6.07, 6.45) is 0. The lowest BCUT2D eigenvalue weighted by atomic mass is 9.88. The zero-order chi connectivity index (χ0) is 45.6. The highest BCUT2D eigenvalue weighted by Crippen LogP contribution is 2.51.